The fourth-order valence-electron chi connectivity index (χ4n) is 6.75. The molecule has 2 aliphatic carbocycles. The van der Waals surface area contributed by atoms with Gasteiger partial charge in [-0.2, -0.15) is 0 Å². The number of rotatable bonds is 7. The van der Waals surface area contributed by atoms with Crippen LogP contribution in [0.5, 0.6) is 5.19 Å². The molecule has 3 aromatic rings. The largest absolute Gasteiger partial charge is 0.465 e. The number of halogens is 1. The Balaban J connectivity index is 1.18. The van der Waals surface area contributed by atoms with E-state index in [4.69, 9.17) is 16.3 Å². The summed E-state index contributed by atoms with van der Waals surface area (Å²) in [5, 5.41) is 7.31. The molecule has 0 spiro atoms. The molecule has 3 amide bonds. The molecule has 0 radical (unpaired) electrons. The molecule has 7 rings (SSSR count). The van der Waals surface area contributed by atoms with Crippen molar-refractivity contribution in [2.24, 2.45) is 5.92 Å². The number of allylic oxidation sites excluding steroid dienone is 1. The Morgan fingerprint density at radius 3 is 2.69 bits per heavy atom. The summed E-state index contributed by atoms with van der Waals surface area (Å²) in [5.41, 5.74) is 0.0899. The Labute approximate surface area is 294 Å². The number of carbonyl (C=O) groups excluding carboxylic acids is 3. The molecule has 3 N–H and O–H groups in total. The van der Waals surface area contributed by atoms with Gasteiger partial charge in [0.05, 0.1) is 21.5 Å². The zero-order valence-electron chi connectivity index (χ0n) is 27.2. The number of sulfonamides is 1. The topological polar surface area (TPSA) is 147 Å². The van der Waals surface area contributed by atoms with Crippen LogP contribution < -0.4 is 20.1 Å². The van der Waals surface area contributed by atoms with Crippen molar-refractivity contribution in [2.75, 3.05) is 11.9 Å². The number of hydrogen-bond acceptors (Lipinski definition) is 9. The number of thiazole rings is 1. The second kappa shape index (κ2) is 13.2. The van der Waals surface area contributed by atoms with Crippen LogP contribution in [0.1, 0.15) is 64.7 Å². The van der Waals surface area contributed by atoms with Crippen LogP contribution in [0.15, 0.2) is 60.7 Å². The fraction of sp³-hybridized carbons (Fsp3) is 0.486. The maximum Gasteiger partial charge on any atom is 0.274 e. The average Bonchev–Trinajstić information content (AvgIpc) is 3.88. The van der Waals surface area contributed by atoms with E-state index in [1.54, 1.807) is 17.9 Å². The molecule has 2 aliphatic heterocycles. The van der Waals surface area contributed by atoms with Crippen molar-refractivity contribution in [2.45, 2.75) is 93.2 Å². The van der Waals surface area contributed by atoms with Crippen LogP contribution in [0.3, 0.4) is 0 Å². The molecule has 4 aliphatic rings. The van der Waals surface area contributed by atoms with Gasteiger partial charge in [0.1, 0.15) is 23.7 Å². The standard InChI is InChI=1S/C35H40ClN5O6S2/c1-34(16-17-34)49(45,46)40-32(44)35-20-22(35)10-6-3-2-4-9-13-27(37-24-11-7-5-8-12-24)31(43)41-21-25(19-28(41)30(42)39-35)47-33-38-26-15-14-23(36)18-29(26)48-33/h5-8,10-12,14-15,18,22,25,27-28,37H,2-4,9,13,16-17,19-21H2,1H3,(H,39,42)(H,40,44)/b10-6-/t22-,25-,27+,28+,35-/m1/s1. The lowest BCUT2D eigenvalue weighted by Crippen LogP contribution is -2.58. The van der Waals surface area contributed by atoms with Gasteiger partial charge in [0.25, 0.3) is 11.1 Å². The van der Waals surface area contributed by atoms with Crippen LogP contribution in [0.2, 0.25) is 5.02 Å². The first-order valence-corrected chi connectivity index (χ1v) is 19.5. The monoisotopic (exact) mass is 725 g/mol. The van der Waals surface area contributed by atoms with Gasteiger partial charge in [-0.05, 0) is 75.8 Å². The van der Waals surface area contributed by atoms with Crippen molar-refractivity contribution < 1.29 is 27.5 Å². The third-order valence-corrected chi connectivity index (χ3v) is 13.5. The van der Waals surface area contributed by atoms with Gasteiger partial charge in [-0.3, -0.25) is 19.1 Å². The first kappa shape index (κ1) is 33.8. The molecule has 49 heavy (non-hydrogen) atoms. The van der Waals surface area contributed by atoms with Crippen LogP contribution in [0.25, 0.3) is 10.2 Å². The molecule has 3 heterocycles. The predicted octanol–water partition coefficient (Wildman–Crippen LogP) is 5.17. The number of amides is 3. The third kappa shape index (κ3) is 7.02. The number of para-hydroxylation sites is 1. The number of anilines is 1. The average molecular weight is 726 g/mol. The highest BCUT2D eigenvalue weighted by molar-refractivity contribution is 7.91. The van der Waals surface area contributed by atoms with Gasteiger partial charge in [0.15, 0.2) is 0 Å². The zero-order chi connectivity index (χ0) is 34.4. The molecule has 2 saturated carbocycles. The van der Waals surface area contributed by atoms with E-state index >= 15 is 0 Å². The molecule has 260 valence electrons. The lowest BCUT2D eigenvalue weighted by molar-refractivity contribution is -0.140. The van der Waals surface area contributed by atoms with E-state index < -0.39 is 50.3 Å². The summed E-state index contributed by atoms with van der Waals surface area (Å²) in [6.07, 6.45) is 8.66. The lowest BCUT2D eigenvalue weighted by atomic mass is 10.0. The summed E-state index contributed by atoms with van der Waals surface area (Å²) in [5.74, 6) is -1.88. The van der Waals surface area contributed by atoms with Crippen molar-refractivity contribution in [1.29, 1.82) is 0 Å². The Hall–Kier alpha value is -3.68. The normalized spacial score (nSPS) is 29.1. The van der Waals surface area contributed by atoms with Crippen molar-refractivity contribution in [3.63, 3.8) is 0 Å². The number of nitrogens with zero attached hydrogens (tertiary/aromatic N) is 2. The third-order valence-electron chi connectivity index (χ3n) is 10.2. The summed E-state index contributed by atoms with van der Waals surface area (Å²) >= 11 is 7.52. The number of ether oxygens (including phenoxy) is 1. The lowest BCUT2D eigenvalue weighted by Gasteiger charge is -2.30. The van der Waals surface area contributed by atoms with Crippen LogP contribution in [0, 0.1) is 5.92 Å². The van der Waals surface area contributed by atoms with E-state index in [2.05, 4.69) is 20.3 Å². The number of nitrogens with one attached hydrogen (secondary N) is 3. The number of aromatic nitrogens is 1. The maximum atomic E-state index is 14.4. The van der Waals surface area contributed by atoms with Gasteiger partial charge in [0.2, 0.25) is 21.8 Å². The Morgan fingerprint density at radius 1 is 1.12 bits per heavy atom. The second-order valence-electron chi connectivity index (χ2n) is 13.9. The van der Waals surface area contributed by atoms with Crippen LogP contribution in [-0.2, 0) is 24.4 Å². The van der Waals surface area contributed by atoms with Crippen molar-refractivity contribution in [3.05, 3.63) is 65.7 Å². The molecule has 14 heteroatoms. The van der Waals surface area contributed by atoms with E-state index in [0.29, 0.717) is 29.5 Å². The molecule has 0 unspecified atom stereocenters. The Bertz CT molecular complexity index is 1900. The minimum absolute atomic E-state index is 0.135. The number of carbonyl (C=O) groups is 3. The van der Waals surface area contributed by atoms with E-state index in [1.165, 1.54) is 11.3 Å². The predicted molar refractivity (Wildman–Crippen MR) is 189 cm³/mol. The fourth-order valence-corrected chi connectivity index (χ4v) is 9.22. The summed E-state index contributed by atoms with van der Waals surface area (Å²) in [4.78, 5) is 48.6. The van der Waals surface area contributed by atoms with Crippen LogP contribution >= 0.6 is 22.9 Å². The molecule has 1 saturated heterocycles. The van der Waals surface area contributed by atoms with Crippen LogP contribution in [-0.4, -0.2) is 71.0 Å². The Morgan fingerprint density at radius 2 is 1.92 bits per heavy atom. The van der Waals surface area contributed by atoms with Gasteiger partial charge in [-0.1, -0.05) is 66.1 Å². The zero-order valence-corrected chi connectivity index (χ0v) is 29.6. The molecular formula is C35H40ClN5O6S2. The second-order valence-corrected chi connectivity index (χ2v) is 17.5. The number of benzene rings is 2. The van der Waals surface area contributed by atoms with E-state index in [0.717, 1.165) is 41.6 Å². The van der Waals surface area contributed by atoms with Gasteiger partial charge >= 0.3 is 0 Å². The minimum Gasteiger partial charge on any atom is -0.465 e. The molecule has 0 bridgehead atoms. The van der Waals surface area contributed by atoms with Crippen molar-refractivity contribution >= 4 is 66.6 Å². The summed E-state index contributed by atoms with van der Waals surface area (Å²) in [7, 11) is -3.93. The molecule has 5 atom stereocenters. The highest BCUT2D eigenvalue weighted by Crippen LogP contribution is 2.47. The van der Waals surface area contributed by atoms with Crippen LogP contribution in [0.4, 0.5) is 5.69 Å². The summed E-state index contributed by atoms with van der Waals surface area (Å²) in [6, 6.07) is 13.3. The smallest absolute Gasteiger partial charge is 0.274 e. The molecular weight excluding hydrogens is 686 g/mol. The number of hydrogen-bond donors (Lipinski definition) is 3. The van der Waals surface area contributed by atoms with Gasteiger partial charge in [-0.15, -0.1) is 0 Å². The minimum atomic E-state index is -3.93. The van der Waals surface area contributed by atoms with Gasteiger partial charge in [-0.25, -0.2) is 13.4 Å². The van der Waals surface area contributed by atoms with E-state index in [-0.39, 0.29) is 31.2 Å². The first-order chi connectivity index (χ1) is 23.5. The molecule has 11 nitrogen and oxygen atoms in total. The van der Waals surface area contributed by atoms with E-state index in [9.17, 15) is 22.8 Å². The summed E-state index contributed by atoms with van der Waals surface area (Å²) in [6.45, 7) is 1.75. The highest BCUT2D eigenvalue weighted by atomic mass is 35.5. The maximum absolute atomic E-state index is 14.4. The quantitative estimate of drug-likeness (QED) is 0.283. The molecule has 1 aromatic heterocycles. The van der Waals surface area contributed by atoms with Gasteiger partial charge < -0.3 is 20.3 Å². The molecule has 2 aromatic carbocycles. The van der Waals surface area contributed by atoms with Crippen molar-refractivity contribution in [3.8, 4) is 5.19 Å². The first-order valence-electron chi connectivity index (χ1n) is 16.9. The summed E-state index contributed by atoms with van der Waals surface area (Å²) < 4.78 is 34.6. The van der Waals surface area contributed by atoms with E-state index in [1.807, 2.05) is 54.6 Å². The highest BCUT2D eigenvalue weighted by Gasteiger charge is 2.63. The number of fused-ring (bicyclic) bond motifs is 3. The van der Waals surface area contributed by atoms with Gasteiger partial charge in [0, 0.05) is 23.0 Å². The van der Waals surface area contributed by atoms with Crippen molar-refractivity contribution in [1.82, 2.24) is 19.9 Å². The SMILES string of the molecule is CC1(S(=O)(=O)NC(=O)[C@@]23C[C@H]2/C=C\CCCCC[C@H](Nc2ccccc2)C(=O)N2C[C@H](Oc4nc5ccc(Cl)cc5s4)C[C@H]2C(=O)N3)CC1. The Kier molecular flexibility index (Phi) is 9.12. The molecule has 3 fully saturated rings.